The van der Waals surface area contributed by atoms with Gasteiger partial charge >= 0.3 is 0 Å². The minimum atomic E-state index is 0.0901. The highest BCUT2D eigenvalue weighted by molar-refractivity contribution is 5.31. The fourth-order valence-corrected chi connectivity index (χ4v) is 5.48. The summed E-state index contributed by atoms with van der Waals surface area (Å²) in [6.07, 6.45) is 22.4. The molecule has 3 heterocycles. The van der Waals surface area contributed by atoms with Crippen LogP contribution < -0.4 is 5.32 Å². The molecule has 5 rings (SSSR count). The van der Waals surface area contributed by atoms with Crippen LogP contribution in [-0.2, 0) is 6.54 Å². The molecule has 1 unspecified atom stereocenters. The van der Waals surface area contributed by atoms with Crippen molar-refractivity contribution in [3.05, 3.63) is 53.6 Å². The molecule has 1 N–H and O–H groups in total. The van der Waals surface area contributed by atoms with Crippen LogP contribution in [0.5, 0.6) is 0 Å². The molecular formula is C24H35N7. The highest BCUT2D eigenvalue weighted by atomic mass is 15.6. The number of hydrogen-bond acceptors (Lipinski definition) is 6. The van der Waals surface area contributed by atoms with Gasteiger partial charge in [0.2, 0.25) is 0 Å². The predicted octanol–water partition coefficient (Wildman–Crippen LogP) is 2.98. The van der Waals surface area contributed by atoms with E-state index in [1.165, 1.54) is 43.3 Å². The van der Waals surface area contributed by atoms with Crippen molar-refractivity contribution in [1.29, 1.82) is 0 Å². The Bertz CT molecular complexity index is 851. The van der Waals surface area contributed by atoms with Crippen LogP contribution in [-0.4, -0.2) is 68.8 Å². The molecule has 0 radical (unpaired) electrons. The van der Waals surface area contributed by atoms with Crippen LogP contribution in [0.15, 0.2) is 47.7 Å². The van der Waals surface area contributed by atoms with Crippen molar-refractivity contribution >= 4 is 0 Å². The normalized spacial score (nSPS) is 24.5. The second kappa shape index (κ2) is 9.92. The lowest BCUT2D eigenvalue weighted by Gasteiger charge is -2.43. The summed E-state index contributed by atoms with van der Waals surface area (Å²) in [7, 11) is 0. The summed E-state index contributed by atoms with van der Waals surface area (Å²) in [6, 6.07) is 0.883. The largest absolute Gasteiger partial charge is 0.387 e. The number of piperazine rings is 1. The van der Waals surface area contributed by atoms with E-state index in [4.69, 9.17) is 0 Å². The number of dihydropyridines is 1. The van der Waals surface area contributed by atoms with E-state index in [1.807, 2.05) is 4.68 Å². The van der Waals surface area contributed by atoms with Crippen molar-refractivity contribution in [1.82, 2.24) is 35.3 Å². The van der Waals surface area contributed by atoms with Gasteiger partial charge in [0.1, 0.15) is 0 Å². The molecule has 7 nitrogen and oxygen atoms in total. The van der Waals surface area contributed by atoms with Gasteiger partial charge in [-0.05, 0) is 47.3 Å². The number of allylic oxidation sites excluding steroid dienone is 4. The first-order chi connectivity index (χ1) is 15.4. The molecule has 31 heavy (non-hydrogen) atoms. The zero-order chi connectivity index (χ0) is 20.9. The van der Waals surface area contributed by atoms with E-state index in [9.17, 15) is 0 Å². The van der Waals surface area contributed by atoms with Gasteiger partial charge in [-0.3, -0.25) is 9.80 Å². The molecule has 166 valence electrons. The summed E-state index contributed by atoms with van der Waals surface area (Å²) in [5.41, 5.74) is 2.65. The number of rotatable bonds is 6. The van der Waals surface area contributed by atoms with Gasteiger partial charge in [0.15, 0.2) is 5.82 Å². The van der Waals surface area contributed by atoms with Gasteiger partial charge in [-0.15, -0.1) is 5.10 Å². The number of hydrogen-bond donors (Lipinski definition) is 1. The van der Waals surface area contributed by atoms with Crippen molar-refractivity contribution in [2.75, 3.05) is 32.7 Å². The monoisotopic (exact) mass is 421 g/mol. The van der Waals surface area contributed by atoms with E-state index < -0.39 is 0 Å². The maximum absolute atomic E-state index is 4.54. The molecule has 1 saturated heterocycles. The maximum atomic E-state index is 4.54. The second-order valence-corrected chi connectivity index (χ2v) is 9.21. The average Bonchev–Trinajstić information content (AvgIpc) is 3.29. The van der Waals surface area contributed by atoms with Crippen LogP contribution >= 0.6 is 0 Å². The third kappa shape index (κ3) is 4.83. The van der Waals surface area contributed by atoms with Crippen LogP contribution in [0.4, 0.5) is 0 Å². The molecular weight excluding hydrogens is 386 g/mol. The minimum absolute atomic E-state index is 0.0901. The SMILES string of the molecule is C1=CCCC(Cn2nnnc2C(C2=CNCC=C2)N2CCN(C3CCCCC3)CC2)=C1. The summed E-state index contributed by atoms with van der Waals surface area (Å²) < 4.78 is 2.02. The van der Waals surface area contributed by atoms with Crippen LogP contribution in [0.3, 0.4) is 0 Å². The Hall–Kier alpha value is -2.25. The van der Waals surface area contributed by atoms with Crippen LogP contribution in [0.25, 0.3) is 0 Å². The first kappa shape index (κ1) is 20.6. The zero-order valence-corrected chi connectivity index (χ0v) is 18.5. The summed E-state index contributed by atoms with van der Waals surface area (Å²) in [5.74, 6) is 0.959. The maximum Gasteiger partial charge on any atom is 0.173 e. The van der Waals surface area contributed by atoms with Crippen molar-refractivity contribution < 1.29 is 0 Å². The second-order valence-electron chi connectivity index (χ2n) is 9.21. The topological polar surface area (TPSA) is 62.1 Å². The molecule has 0 aromatic carbocycles. The lowest BCUT2D eigenvalue weighted by atomic mass is 9.93. The molecule has 1 aromatic rings. The van der Waals surface area contributed by atoms with Gasteiger partial charge in [-0.2, -0.15) is 0 Å². The van der Waals surface area contributed by atoms with E-state index in [0.29, 0.717) is 0 Å². The molecule has 7 heteroatoms. The fraction of sp³-hybridized carbons (Fsp3) is 0.625. The highest BCUT2D eigenvalue weighted by Crippen LogP contribution is 2.31. The van der Waals surface area contributed by atoms with Crippen molar-refractivity contribution in [2.24, 2.45) is 0 Å². The fourth-order valence-electron chi connectivity index (χ4n) is 5.48. The molecule has 0 bridgehead atoms. The van der Waals surface area contributed by atoms with E-state index in [1.54, 1.807) is 0 Å². The summed E-state index contributed by atoms with van der Waals surface area (Å²) in [6.45, 7) is 6.06. The molecule has 2 aliphatic carbocycles. The molecule has 2 aliphatic heterocycles. The standard InChI is InChI=1S/C24H35N7/c1-3-8-20(9-4-1)19-31-24(26-27-28-31)23(21-10-7-13-25-18-21)30-16-14-29(15-17-30)22-11-5-2-6-12-22/h1,3,7-8,10,18,22-23,25H,2,4-6,9,11-17,19H2. The van der Waals surface area contributed by atoms with Gasteiger partial charge in [0.25, 0.3) is 0 Å². The van der Waals surface area contributed by atoms with Gasteiger partial charge < -0.3 is 5.32 Å². The summed E-state index contributed by atoms with van der Waals surface area (Å²) in [5, 5.41) is 16.4. The molecule has 1 atom stereocenters. The van der Waals surface area contributed by atoms with Gasteiger partial charge in [-0.25, -0.2) is 4.68 Å². The molecule has 1 saturated carbocycles. The van der Waals surface area contributed by atoms with Crippen molar-refractivity contribution in [2.45, 2.75) is 63.6 Å². The average molecular weight is 422 g/mol. The Morgan fingerprint density at radius 1 is 1.06 bits per heavy atom. The van der Waals surface area contributed by atoms with E-state index in [2.05, 4.69) is 67.2 Å². The lowest BCUT2D eigenvalue weighted by molar-refractivity contribution is 0.0617. The number of tetrazole rings is 1. The van der Waals surface area contributed by atoms with Crippen LogP contribution in [0.1, 0.15) is 56.8 Å². The first-order valence-electron chi connectivity index (χ1n) is 12.1. The predicted molar refractivity (Wildman–Crippen MR) is 122 cm³/mol. The third-order valence-electron chi connectivity index (χ3n) is 7.19. The Balaban J connectivity index is 1.35. The minimum Gasteiger partial charge on any atom is -0.387 e. The number of aromatic nitrogens is 4. The molecule has 0 spiro atoms. The highest BCUT2D eigenvalue weighted by Gasteiger charge is 2.33. The van der Waals surface area contributed by atoms with Gasteiger partial charge in [0, 0.05) is 45.0 Å². The molecule has 1 aromatic heterocycles. The van der Waals surface area contributed by atoms with Gasteiger partial charge in [0.05, 0.1) is 12.6 Å². The van der Waals surface area contributed by atoms with Crippen LogP contribution in [0.2, 0.25) is 0 Å². The number of nitrogens with zero attached hydrogens (tertiary/aromatic N) is 6. The van der Waals surface area contributed by atoms with Crippen LogP contribution in [0, 0.1) is 0 Å². The molecule has 2 fully saturated rings. The summed E-state index contributed by atoms with van der Waals surface area (Å²) in [4.78, 5) is 5.32. The smallest absolute Gasteiger partial charge is 0.173 e. The Morgan fingerprint density at radius 3 is 2.68 bits per heavy atom. The number of nitrogens with one attached hydrogen (secondary N) is 1. The lowest BCUT2D eigenvalue weighted by Crippen LogP contribution is -2.52. The molecule has 4 aliphatic rings. The third-order valence-corrected chi connectivity index (χ3v) is 7.19. The van der Waals surface area contributed by atoms with E-state index in [-0.39, 0.29) is 6.04 Å². The van der Waals surface area contributed by atoms with Crippen molar-refractivity contribution in [3.63, 3.8) is 0 Å². The quantitative estimate of drug-likeness (QED) is 0.762. The Labute approximate surface area is 185 Å². The zero-order valence-electron chi connectivity index (χ0n) is 18.5. The van der Waals surface area contributed by atoms with Crippen molar-refractivity contribution in [3.8, 4) is 0 Å². The first-order valence-corrected chi connectivity index (χ1v) is 12.1. The summed E-state index contributed by atoms with van der Waals surface area (Å²) >= 11 is 0. The molecule has 0 amide bonds. The Morgan fingerprint density at radius 2 is 1.94 bits per heavy atom. The van der Waals surface area contributed by atoms with E-state index >= 15 is 0 Å². The Kier molecular flexibility index (Phi) is 6.60. The van der Waals surface area contributed by atoms with Gasteiger partial charge in [-0.1, -0.05) is 49.6 Å². The van der Waals surface area contributed by atoms with E-state index in [0.717, 1.165) is 64.0 Å².